The van der Waals surface area contributed by atoms with Gasteiger partial charge in [0.15, 0.2) is 0 Å². The van der Waals surface area contributed by atoms with Crippen molar-refractivity contribution in [1.82, 2.24) is 14.7 Å². The summed E-state index contributed by atoms with van der Waals surface area (Å²) in [5.74, 6) is 1.10. The minimum absolute atomic E-state index is 0.146. The molecule has 0 unspecified atom stereocenters. The van der Waals surface area contributed by atoms with Crippen molar-refractivity contribution in [2.24, 2.45) is 5.92 Å². The van der Waals surface area contributed by atoms with Crippen molar-refractivity contribution >= 4 is 5.91 Å². The van der Waals surface area contributed by atoms with Gasteiger partial charge in [-0.15, -0.1) is 0 Å². The number of piperidine rings is 1. The largest absolute Gasteiger partial charge is 0.339 e. The first kappa shape index (κ1) is 15.8. The van der Waals surface area contributed by atoms with Gasteiger partial charge in [-0.3, -0.25) is 9.69 Å². The molecule has 0 spiro atoms. The minimum atomic E-state index is 0.146. The van der Waals surface area contributed by atoms with E-state index in [4.69, 9.17) is 0 Å². The van der Waals surface area contributed by atoms with E-state index >= 15 is 0 Å². The van der Waals surface area contributed by atoms with Gasteiger partial charge in [-0.25, -0.2) is 0 Å². The third kappa shape index (κ3) is 3.73. The van der Waals surface area contributed by atoms with Gasteiger partial charge in [-0.05, 0) is 32.6 Å². The Morgan fingerprint density at radius 3 is 2.25 bits per heavy atom. The zero-order valence-electron chi connectivity index (χ0n) is 13.6. The lowest BCUT2D eigenvalue weighted by atomic mass is 10.0. The third-order valence-electron chi connectivity index (χ3n) is 4.54. The third-order valence-corrected chi connectivity index (χ3v) is 4.54. The van der Waals surface area contributed by atoms with E-state index in [1.165, 1.54) is 6.54 Å². The van der Waals surface area contributed by atoms with Crippen molar-refractivity contribution in [3.63, 3.8) is 0 Å². The number of piperazine rings is 1. The maximum absolute atomic E-state index is 12.6. The Balaban J connectivity index is 1.88. The molecule has 2 rings (SSSR count). The van der Waals surface area contributed by atoms with Crippen LogP contribution in [0.4, 0.5) is 0 Å². The Bertz CT molecular complexity index is 322. The van der Waals surface area contributed by atoms with Gasteiger partial charge in [0.1, 0.15) is 0 Å². The monoisotopic (exact) mass is 281 g/mol. The van der Waals surface area contributed by atoms with Gasteiger partial charge in [-0.2, -0.15) is 0 Å². The molecule has 1 amide bonds. The number of nitrogens with zero attached hydrogens (tertiary/aromatic N) is 3. The summed E-state index contributed by atoms with van der Waals surface area (Å²) < 4.78 is 0. The normalized spacial score (nSPS) is 26.8. The van der Waals surface area contributed by atoms with Gasteiger partial charge in [0.05, 0.1) is 6.04 Å². The number of amides is 1. The molecule has 0 aliphatic carbocycles. The van der Waals surface area contributed by atoms with Crippen LogP contribution in [0.3, 0.4) is 0 Å². The average Bonchev–Trinajstić information content (AvgIpc) is 2.39. The first-order valence-corrected chi connectivity index (χ1v) is 8.26. The Hall–Kier alpha value is -0.610. The van der Waals surface area contributed by atoms with E-state index in [2.05, 4.69) is 42.4 Å². The van der Waals surface area contributed by atoms with Gasteiger partial charge in [0, 0.05) is 45.3 Å². The number of carbonyl (C=O) groups excluding carboxylic acids is 1. The Morgan fingerprint density at radius 2 is 1.70 bits per heavy atom. The van der Waals surface area contributed by atoms with Crippen molar-refractivity contribution < 1.29 is 4.79 Å². The predicted octanol–water partition coefficient (Wildman–Crippen LogP) is 1.66. The second-order valence-corrected chi connectivity index (χ2v) is 7.01. The SMILES string of the molecule is CC(C)CN1CCN([C@H]2CCCN(C(C)C)C2=O)CC1. The van der Waals surface area contributed by atoms with E-state index in [1.807, 2.05) is 0 Å². The summed E-state index contributed by atoms with van der Waals surface area (Å²) in [6.45, 7) is 15.3. The summed E-state index contributed by atoms with van der Waals surface area (Å²) in [5, 5.41) is 0. The summed E-state index contributed by atoms with van der Waals surface area (Å²) in [6.07, 6.45) is 2.20. The molecule has 0 N–H and O–H groups in total. The van der Waals surface area contributed by atoms with Crippen molar-refractivity contribution in [1.29, 1.82) is 0 Å². The maximum Gasteiger partial charge on any atom is 0.240 e. The molecular weight excluding hydrogens is 250 g/mol. The van der Waals surface area contributed by atoms with Crippen molar-refractivity contribution in [2.75, 3.05) is 39.3 Å². The van der Waals surface area contributed by atoms with Crippen LogP contribution in [0.2, 0.25) is 0 Å². The standard InChI is InChI=1S/C16H31N3O/c1-13(2)12-17-8-10-18(11-9-17)15-6-5-7-19(14(3)4)16(15)20/h13-15H,5-12H2,1-4H3/t15-/m0/s1. The molecule has 2 fully saturated rings. The molecule has 0 radical (unpaired) electrons. The molecular formula is C16H31N3O. The fraction of sp³-hybridized carbons (Fsp3) is 0.938. The molecule has 2 saturated heterocycles. The highest BCUT2D eigenvalue weighted by Crippen LogP contribution is 2.20. The number of likely N-dealkylation sites (tertiary alicyclic amines) is 1. The summed E-state index contributed by atoms with van der Waals surface area (Å²) in [7, 11) is 0. The van der Waals surface area contributed by atoms with Gasteiger partial charge in [0.25, 0.3) is 0 Å². The highest BCUT2D eigenvalue weighted by Gasteiger charge is 2.35. The van der Waals surface area contributed by atoms with E-state index in [-0.39, 0.29) is 6.04 Å². The molecule has 2 aliphatic heterocycles. The van der Waals surface area contributed by atoms with E-state index in [1.54, 1.807) is 0 Å². The lowest BCUT2D eigenvalue weighted by Gasteiger charge is -2.43. The number of carbonyl (C=O) groups is 1. The number of hydrogen-bond donors (Lipinski definition) is 0. The summed E-state index contributed by atoms with van der Waals surface area (Å²) in [6, 6.07) is 0.486. The van der Waals surface area contributed by atoms with Gasteiger partial charge in [0.2, 0.25) is 5.91 Å². The van der Waals surface area contributed by atoms with Gasteiger partial charge >= 0.3 is 0 Å². The quantitative estimate of drug-likeness (QED) is 0.784. The smallest absolute Gasteiger partial charge is 0.240 e. The zero-order chi connectivity index (χ0) is 14.7. The average molecular weight is 281 g/mol. The van der Waals surface area contributed by atoms with Gasteiger partial charge < -0.3 is 9.80 Å². The molecule has 1 atom stereocenters. The van der Waals surface area contributed by atoms with E-state index in [0.717, 1.165) is 51.5 Å². The molecule has 4 heteroatoms. The van der Waals surface area contributed by atoms with Crippen molar-refractivity contribution in [3.8, 4) is 0 Å². The van der Waals surface area contributed by atoms with Crippen LogP contribution in [-0.2, 0) is 4.79 Å². The molecule has 0 bridgehead atoms. The second-order valence-electron chi connectivity index (χ2n) is 7.01. The molecule has 0 saturated carbocycles. The van der Waals surface area contributed by atoms with Crippen molar-refractivity contribution in [3.05, 3.63) is 0 Å². The molecule has 0 aromatic carbocycles. The summed E-state index contributed by atoms with van der Waals surface area (Å²) in [5.41, 5.74) is 0. The maximum atomic E-state index is 12.6. The number of hydrogen-bond acceptors (Lipinski definition) is 3. The molecule has 116 valence electrons. The first-order valence-electron chi connectivity index (χ1n) is 8.26. The van der Waals surface area contributed by atoms with Crippen LogP contribution in [0.1, 0.15) is 40.5 Å². The molecule has 0 aromatic heterocycles. The van der Waals surface area contributed by atoms with Crippen molar-refractivity contribution in [2.45, 2.75) is 52.6 Å². The van der Waals surface area contributed by atoms with Gasteiger partial charge in [-0.1, -0.05) is 13.8 Å². The lowest BCUT2D eigenvalue weighted by molar-refractivity contribution is -0.143. The topological polar surface area (TPSA) is 26.8 Å². The molecule has 2 heterocycles. The number of rotatable bonds is 4. The Labute approximate surface area is 124 Å². The van der Waals surface area contributed by atoms with Crippen LogP contribution in [0.25, 0.3) is 0 Å². The van der Waals surface area contributed by atoms with Crippen LogP contribution >= 0.6 is 0 Å². The van der Waals surface area contributed by atoms with Crippen LogP contribution < -0.4 is 0 Å². The van der Waals surface area contributed by atoms with Crippen LogP contribution in [0.15, 0.2) is 0 Å². The highest BCUT2D eigenvalue weighted by atomic mass is 16.2. The minimum Gasteiger partial charge on any atom is -0.339 e. The molecule has 20 heavy (non-hydrogen) atoms. The summed E-state index contributed by atoms with van der Waals surface area (Å²) >= 11 is 0. The van der Waals surface area contributed by atoms with Crippen LogP contribution in [0, 0.1) is 5.92 Å². The second kappa shape index (κ2) is 6.90. The fourth-order valence-corrected chi connectivity index (χ4v) is 3.51. The molecule has 0 aromatic rings. The highest BCUT2D eigenvalue weighted by molar-refractivity contribution is 5.82. The lowest BCUT2D eigenvalue weighted by Crippen LogP contribution is -2.58. The van der Waals surface area contributed by atoms with E-state index < -0.39 is 0 Å². The zero-order valence-corrected chi connectivity index (χ0v) is 13.6. The Morgan fingerprint density at radius 1 is 1.05 bits per heavy atom. The van der Waals surface area contributed by atoms with Crippen LogP contribution in [0.5, 0.6) is 0 Å². The van der Waals surface area contributed by atoms with Crippen LogP contribution in [-0.4, -0.2) is 72.0 Å². The van der Waals surface area contributed by atoms with E-state index in [9.17, 15) is 4.79 Å². The molecule has 4 nitrogen and oxygen atoms in total. The first-order chi connectivity index (χ1) is 9.49. The summed E-state index contributed by atoms with van der Waals surface area (Å²) in [4.78, 5) is 19.6. The predicted molar refractivity (Wildman–Crippen MR) is 82.7 cm³/mol. The Kier molecular flexibility index (Phi) is 5.44. The molecule has 2 aliphatic rings. The fourth-order valence-electron chi connectivity index (χ4n) is 3.51. The van der Waals surface area contributed by atoms with E-state index in [0.29, 0.717) is 11.9 Å².